The van der Waals surface area contributed by atoms with Crippen molar-refractivity contribution < 1.29 is 0 Å². The van der Waals surface area contributed by atoms with Crippen LogP contribution in [0.4, 0.5) is 11.6 Å². The molecule has 140 valence electrons. The Bertz CT molecular complexity index is 954. The van der Waals surface area contributed by atoms with E-state index in [1.165, 1.54) is 12.8 Å². The van der Waals surface area contributed by atoms with Crippen LogP contribution in [0.25, 0.3) is 5.78 Å². The summed E-state index contributed by atoms with van der Waals surface area (Å²) in [6.45, 7) is 6.13. The van der Waals surface area contributed by atoms with Gasteiger partial charge >= 0.3 is 0 Å². The first kappa shape index (κ1) is 16.4. The molecule has 1 saturated carbocycles. The zero-order chi connectivity index (χ0) is 18.5. The van der Waals surface area contributed by atoms with Gasteiger partial charge in [-0.15, -0.1) is 5.10 Å². The fourth-order valence-electron chi connectivity index (χ4n) is 3.54. The second kappa shape index (κ2) is 6.14. The van der Waals surface area contributed by atoms with Crippen LogP contribution in [0.3, 0.4) is 0 Å². The van der Waals surface area contributed by atoms with Gasteiger partial charge in [-0.25, -0.2) is 4.98 Å². The van der Waals surface area contributed by atoms with Crippen molar-refractivity contribution in [2.24, 2.45) is 0 Å². The van der Waals surface area contributed by atoms with E-state index in [0.29, 0.717) is 23.7 Å². The van der Waals surface area contributed by atoms with E-state index in [4.69, 9.17) is 0 Å². The molecular weight excluding hydrogens is 340 g/mol. The zero-order valence-corrected chi connectivity index (χ0v) is 15.9. The highest BCUT2D eigenvalue weighted by atomic mass is 15.4. The molecule has 0 N–H and O–H groups in total. The molecule has 2 aliphatic rings. The lowest BCUT2D eigenvalue weighted by Gasteiger charge is -2.45. The highest BCUT2D eigenvalue weighted by Crippen LogP contribution is 2.39. The average Bonchev–Trinajstić information content (AvgIpc) is 3.37. The maximum absolute atomic E-state index is 4.60. The molecule has 1 aliphatic heterocycles. The lowest BCUT2D eigenvalue weighted by Crippen LogP contribution is -2.59. The summed E-state index contributed by atoms with van der Waals surface area (Å²) >= 11 is 0. The molecular formula is C19H24N8. The molecule has 2 fully saturated rings. The van der Waals surface area contributed by atoms with Crippen molar-refractivity contribution in [1.82, 2.24) is 29.8 Å². The Morgan fingerprint density at radius 1 is 1.15 bits per heavy atom. The number of aromatic nitrogens is 6. The number of hydrogen-bond donors (Lipinski definition) is 0. The third-order valence-corrected chi connectivity index (χ3v) is 5.61. The van der Waals surface area contributed by atoms with E-state index in [2.05, 4.69) is 74.2 Å². The third-order valence-electron chi connectivity index (χ3n) is 5.61. The Balaban J connectivity index is 1.33. The van der Waals surface area contributed by atoms with Gasteiger partial charge in [0, 0.05) is 32.1 Å². The van der Waals surface area contributed by atoms with E-state index in [9.17, 15) is 0 Å². The Hall–Kier alpha value is -2.77. The molecule has 0 atom stereocenters. The monoisotopic (exact) mass is 364 g/mol. The van der Waals surface area contributed by atoms with Gasteiger partial charge in [0.15, 0.2) is 5.82 Å². The van der Waals surface area contributed by atoms with E-state index < -0.39 is 0 Å². The van der Waals surface area contributed by atoms with Gasteiger partial charge in [0.05, 0.1) is 17.4 Å². The van der Waals surface area contributed by atoms with Crippen LogP contribution in [0, 0.1) is 0 Å². The summed E-state index contributed by atoms with van der Waals surface area (Å²) in [5, 5.41) is 13.2. The number of hydrogen-bond acceptors (Lipinski definition) is 7. The lowest BCUT2D eigenvalue weighted by molar-refractivity contribution is 0.484. The van der Waals surface area contributed by atoms with Crippen molar-refractivity contribution in [3.8, 4) is 0 Å². The molecule has 1 saturated heterocycles. The predicted octanol–water partition coefficient (Wildman–Crippen LogP) is 2.24. The van der Waals surface area contributed by atoms with Crippen LogP contribution in [0.5, 0.6) is 0 Å². The molecule has 0 spiro atoms. The Kier molecular flexibility index (Phi) is 3.73. The van der Waals surface area contributed by atoms with Crippen molar-refractivity contribution in [2.45, 2.75) is 44.6 Å². The van der Waals surface area contributed by atoms with Crippen LogP contribution in [-0.4, -0.2) is 56.0 Å². The normalized spacial score (nSPS) is 17.6. The number of rotatable bonds is 5. The molecule has 0 bridgehead atoms. The fraction of sp³-hybridized carbons (Fsp3) is 0.526. The topological polar surface area (TPSA) is 75.3 Å². The van der Waals surface area contributed by atoms with Crippen LogP contribution in [0.15, 0.2) is 24.5 Å². The fourth-order valence-corrected chi connectivity index (χ4v) is 3.54. The summed E-state index contributed by atoms with van der Waals surface area (Å²) in [5.74, 6) is 3.64. The van der Waals surface area contributed by atoms with Crippen molar-refractivity contribution in [2.75, 3.05) is 29.9 Å². The van der Waals surface area contributed by atoms with Crippen LogP contribution < -0.4 is 9.80 Å². The molecule has 0 aromatic carbocycles. The lowest BCUT2D eigenvalue weighted by atomic mass is 10.1. The molecule has 27 heavy (non-hydrogen) atoms. The van der Waals surface area contributed by atoms with Crippen molar-refractivity contribution in [3.63, 3.8) is 0 Å². The first-order valence-electron chi connectivity index (χ1n) is 9.62. The quantitative estimate of drug-likeness (QED) is 0.687. The molecule has 4 heterocycles. The van der Waals surface area contributed by atoms with E-state index >= 15 is 0 Å². The third kappa shape index (κ3) is 2.89. The SMILES string of the molecule is CC(C)c1cc(N(C)C2CN(c3ccc(C4CC4)nn3)C2)n2ncnc2n1. The maximum Gasteiger partial charge on any atom is 0.254 e. The van der Waals surface area contributed by atoms with E-state index in [1.54, 1.807) is 6.33 Å². The highest BCUT2D eigenvalue weighted by molar-refractivity contribution is 5.52. The molecule has 0 radical (unpaired) electrons. The van der Waals surface area contributed by atoms with Gasteiger partial charge < -0.3 is 9.80 Å². The molecule has 3 aromatic rings. The second-order valence-corrected chi connectivity index (χ2v) is 7.93. The maximum atomic E-state index is 4.60. The standard InChI is InChI=1S/C19H24N8/c1-12(2)16-8-18(27-19(22-16)20-11-21-27)25(3)14-9-26(10-14)17-7-6-15(23-24-17)13-4-5-13/h6-8,11-14H,4-5,9-10H2,1-3H3. The van der Waals surface area contributed by atoms with Crippen LogP contribution >= 0.6 is 0 Å². The second-order valence-electron chi connectivity index (χ2n) is 7.93. The zero-order valence-electron chi connectivity index (χ0n) is 15.9. The van der Waals surface area contributed by atoms with Crippen LogP contribution in [0.1, 0.15) is 49.9 Å². The molecule has 1 aliphatic carbocycles. The first-order chi connectivity index (χ1) is 13.1. The molecule has 0 unspecified atom stereocenters. The van der Waals surface area contributed by atoms with Gasteiger partial charge in [0.2, 0.25) is 0 Å². The smallest absolute Gasteiger partial charge is 0.254 e. The van der Waals surface area contributed by atoms with Gasteiger partial charge in [0.25, 0.3) is 5.78 Å². The Morgan fingerprint density at radius 3 is 2.63 bits per heavy atom. The average molecular weight is 364 g/mol. The van der Waals surface area contributed by atoms with Crippen molar-refractivity contribution in [3.05, 3.63) is 35.9 Å². The number of likely N-dealkylation sites (N-methyl/N-ethyl adjacent to an activating group) is 1. The summed E-state index contributed by atoms with van der Waals surface area (Å²) < 4.78 is 1.82. The first-order valence-corrected chi connectivity index (χ1v) is 9.62. The van der Waals surface area contributed by atoms with E-state index in [1.807, 2.05) is 4.52 Å². The van der Waals surface area contributed by atoms with Crippen LogP contribution in [-0.2, 0) is 0 Å². The molecule has 0 amide bonds. The van der Waals surface area contributed by atoms with Crippen molar-refractivity contribution >= 4 is 17.4 Å². The largest absolute Gasteiger partial charge is 0.353 e. The molecule has 3 aromatic heterocycles. The molecule has 8 heteroatoms. The number of fused-ring (bicyclic) bond motifs is 1. The van der Waals surface area contributed by atoms with Gasteiger partial charge in [-0.05, 0) is 30.9 Å². The summed E-state index contributed by atoms with van der Waals surface area (Å²) in [7, 11) is 2.12. The van der Waals surface area contributed by atoms with Gasteiger partial charge in [-0.1, -0.05) is 13.8 Å². The van der Waals surface area contributed by atoms with Gasteiger partial charge in [-0.2, -0.15) is 19.7 Å². The number of anilines is 2. The van der Waals surface area contributed by atoms with Crippen molar-refractivity contribution in [1.29, 1.82) is 0 Å². The van der Waals surface area contributed by atoms with E-state index in [0.717, 1.165) is 36.1 Å². The Morgan fingerprint density at radius 2 is 1.96 bits per heavy atom. The highest BCUT2D eigenvalue weighted by Gasteiger charge is 2.33. The predicted molar refractivity (Wildman–Crippen MR) is 103 cm³/mol. The minimum atomic E-state index is 0.344. The van der Waals surface area contributed by atoms with Gasteiger partial charge in [0.1, 0.15) is 12.1 Å². The number of nitrogens with zero attached hydrogens (tertiary/aromatic N) is 8. The molecule has 8 nitrogen and oxygen atoms in total. The minimum absolute atomic E-state index is 0.344. The van der Waals surface area contributed by atoms with Gasteiger partial charge in [-0.3, -0.25) is 0 Å². The Labute approximate surface area is 158 Å². The summed E-state index contributed by atoms with van der Waals surface area (Å²) in [4.78, 5) is 13.4. The summed E-state index contributed by atoms with van der Waals surface area (Å²) in [5.41, 5.74) is 2.18. The van der Waals surface area contributed by atoms with Crippen LogP contribution in [0.2, 0.25) is 0 Å². The summed E-state index contributed by atoms with van der Waals surface area (Å²) in [6.07, 6.45) is 4.07. The minimum Gasteiger partial charge on any atom is -0.353 e. The van der Waals surface area contributed by atoms with E-state index in [-0.39, 0.29) is 0 Å². The summed E-state index contributed by atoms with van der Waals surface area (Å²) in [6, 6.07) is 6.76. The molecule has 5 rings (SSSR count).